The number of hydrogen-bond donors (Lipinski definition) is 0. The van der Waals surface area contributed by atoms with Gasteiger partial charge < -0.3 is 0 Å². The highest BCUT2D eigenvalue weighted by atomic mass is 15.4. The molecule has 0 fully saturated rings. The highest BCUT2D eigenvalue weighted by Gasteiger charge is 2.11. The molecular formula is C11H21N3. The van der Waals surface area contributed by atoms with Gasteiger partial charge in [-0.15, -0.1) is 5.10 Å². The Morgan fingerprint density at radius 2 is 2.07 bits per heavy atom. The fourth-order valence-corrected chi connectivity index (χ4v) is 1.94. The van der Waals surface area contributed by atoms with Gasteiger partial charge in [0.25, 0.3) is 0 Å². The molecule has 0 aromatic carbocycles. The molecule has 1 aromatic heterocycles. The van der Waals surface area contributed by atoms with E-state index in [2.05, 4.69) is 31.1 Å². The van der Waals surface area contributed by atoms with Gasteiger partial charge in [0.15, 0.2) is 0 Å². The molecule has 0 aliphatic heterocycles. The zero-order valence-electron chi connectivity index (χ0n) is 9.75. The molecule has 3 heteroatoms. The van der Waals surface area contributed by atoms with Gasteiger partial charge in [0.2, 0.25) is 0 Å². The fourth-order valence-electron chi connectivity index (χ4n) is 1.94. The first-order valence-electron chi connectivity index (χ1n) is 5.56. The summed E-state index contributed by atoms with van der Waals surface area (Å²) in [6.45, 7) is 6.68. The highest BCUT2D eigenvalue weighted by Crippen LogP contribution is 2.14. The van der Waals surface area contributed by atoms with Gasteiger partial charge in [-0.3, -0.25) is 4.68 Å². The maximum absolute atomic E-state index is 4.22. The van der Waals surface area contributed by atoms with Crippen molar-refractivity contribution < 1.29 is 0 Å². The topological polar surface area (TPSA) is 30.7 Å². The van der Waals surface area contributed by atoms with Crippen molar-refractivity contribution in [3.8, 4) is 0 Å². The summed E-state index contributed by atoms with van der Waals surface area (Å²) in [6, 6.07) is 0. The van der Waals surface area contributed by atoms with E-state index in [1.807, 2.05) is 11.7 Å². The van der Waals surface area contributed by atoms with Crippen LogP contribution in [0.15, 0.2) is 0 Å². The molecule has 0 saturated heterocycles. The zero-order chi connectivity index (χ0) is 10.6. The van der Waals surface area contributed by atoms with Gasteiger partial charge >= 0.3 is 0 Å². The molecule has 80 valence electrons. The van der Waals surface area contributed by atoms with E-state index >= 15 is 0 Å². The average molecular weight is 195 g/mol. The van der Waals surface area contributed by atoms with Crippen LogP contribution in [0.5, 0.6) is 0 Å². The molecule has 0 saturated carbocycles. The van der Waals surface area contributed by atoms with Crippen molar-refractivity contribution in [1.82, 2.24) is 15.0 Å². The summed E-state index contributed by atoms with van der Waals surface area (Å²) in [5, 5.41) is 8.29. The van der Waals surface area contributed by atoms with Gasteiger partial charge in [-0.05, 0) is 18.8 Å². The summed E-state index contributed by atoms with van der Waals surface area (Å²) in [5.41, 5.74) is 2.48. The third-order valence-electron chi connectivity index (χ3n) is 2.68. The van der Waals surface area contributed by atoms with Gasteiger partial charge in [-0.1, -0.05) is 38.8 Å². The molecule has 0 N–H and O–H groups in total. The molecule has 1 rings (SSSR count). The molecule has 1 heterocycles. The fraction of sp³-hybridized carbons (Fsp3) is 0.818. The quantitative estimate of drug-likeness (QED) is 0.722. The summed E-state index contributed by atoms with van der Waals surface area (Å²) < 4.78 is 1.90. The second-order valence-corrected chi connectivity index (χ2v) is 4.06. The van der Waals surface area contributed by atoms with Gasteiger partial charge in [-0.2, -0.15) is 0 Å². The third-order valence-corrected chi connectivity index (χ3v) is 2.68. The molecule has 3 nitrogen and oxygen atoms in total. The third kappa shape index (κ3) is 2.56. The lowest BCUT2D eigenvalue weighted by Gasteiger charge is -2.08. The molecule has 14 heavy (non-hydrogen) atoms. The van der Waals surface area contributed by atoms with E-state index in [9.17, 15) is 0 Å². The van der Waals surface area contributed by atoms with E-state index in [0.717, 1.165) is 18.8 Å². The van der Waals surface area contributed by atoms with Crippen molar-refractivity contribution in [3.63, 3.8) is 0 Å². The van der Waals surface area contributed by atoms with Gasteiger partial charge in [0, 0.05) is 7.05 Å². The van der Waals surface area contributed by atoms with Crippen LogP contribution in [-0.4, -0.2) is 15.0 Å². The lowest BCUT2D eigenvalue weighted by Crippen LogP contribution is -2.04. The number of rotatable bonds is 5. The largest absolute Gasteiger partial charge is 0.252 e. The van der Waals surface area contributed by atoms with Crippen LogP contribution in [-0.2, 0) is 19.9 Å². The van der Waals surface area contributed by atoms with E-state index in [-0.39, 0.29) is 0 Å². The van der Waals surface area contributed by atoms with Crippen LogP contribution >= 0.6 is 0 Å². The Morgan fingerprint density at radius 1 is 1.36 bits per heavy atom. The van der Waals surface area contributed by atoms with Crippen LogP contribution in [0.1, 0.15) is 45.0 Å². The molecule has 0 amide bonds. The Labute approximate surface area is 86.5 Å². The monoisotopic (exact) mass is 195 g/mol. The molecule has 0 aliphatic carbocycles. The Morgan fingerprint density at radius 3 is 2.64 bits per heavy atom. The molecule has 1 unspecified atom stereocenters. The average Bonchev–Trinajstić information content (AvgIpc) is 2.47. The van der Waals surface area contributed by atoms with Gasteiger partial charge in [0.1, 0.15) is 0 Å². The van der Waals surface area contributed by atoms with Crippen molar-refractivity contribution in [3.05, 3.63) is 11.4 Å². The van der Waals surface area contributed by atoms with Crippen molar-refractivity contribution >= 4 is 0 Å². The minimum Gasteiger partial charge on any atom is -0.252 e. The maximum Gasteiger partial charge on any atom is 0.0861 e. The van der Waals surface area contributed by atoms with Crippen LogP contribution in [0.25, 0.3) is 0 Å². The first-order chi connectivity index (χ1) is 6.69. The SMILES string of the molecule is CCCC(C)Cc1nnn(C)c1CC. The van der Waals surface area contributed by atoms with Crippen molar-refractivity contribution in [2.24, 2.45) is 13.0 Å². The maximum atomic E-state index is 4.22. The first-order valence-corrected chi connectivity index (χ1v) is 5.56. The van der Waals surface area contributed by atoms with Crippen LogP contribution < -0.4 is 0 Å². The van der Waals surface area contributed by atoms with Gasteiger partial charge in [0.05, 0.1) is 11.4 Å². The van der Waals surface area contributed by atoms with Crippen LogP contribution in [0.4, 0.5) is 0 Å². The predicted octanol–water partition coefficient (Wildman–Crippen LogP) is 2.36. The normalized spacial score (nSPS) is 13.1. The smallest absolute Gasteiger partial charge is 0.0861 e. The van der Waals surface area contributed by atoms with Gasteiger partial charge in [-0.25, -0.2) is 0 Å². The molecular weight excluding hydrogens is 174 g/mol. The molecule has 0 spiro atoms. The van der Waals surface area contributed by atoms with Crippen molar-refractivity contribution in [2.45, 2.75) is 46.5 Å². The number of hydrogen-bond acceptors (Lipinski definition) is 2. The van der Waals surface area contributed by atoms with Crippen molar-refractivity contribution in [2.75, 3.05) is 0 Å². The highest BCUT2D eigenvalue weighted by molar-refractivity contribution is 5.10. The summed E-state index contributed by atoms with van der Waals surface area (Å²) in [7, 11) is 1.97. The summed E-state index contributed by atoms with van der Waals surface area (Å²) in [5.74, 6) is 0.724. The number of nitrogens with zero attached hydrogens (tertiary/aromatic N) is 3. The second kappa shape index (κ2) is 5.13. The summed E-state index contributed by atoms with van der Waals surface area (Å²) >= 11 is 0. The predicted molar refractivity (Wildman–Crippen MR) is 58.2 cm³/mol. The first kappa shape index (κ1) is 11.2. The van der Waals surface area contributed by atoms with Crippen molar-refractivity contribution in [1.29, 1.82) is 0 Å². The molecule has 0 aliphatic rings. The van der Waals surface area contributed by atoms with Crippen LogP contribution in [0, 0.1) is 5.92 Å². The van der Waals surface area contributed by atoms with Crippen LogP contribution in [0.3, 0.4) is 0 Å². The lowest BCUT2D eigenvalue weighted by molar-refractivity contribution is 0.514. The number of aryl methyl sites for hydroxylation is 1. The standard InChI is InChI=1S/C11H21N3/c1-5-7-9(3)8-10-11(6-2)14(4)13-12-10/h9H,5-8H2,1-4H3. The van der Waals surface area contributed by atoms with E-state index in [4.69, 9.17) is 0 Å². The van der Waals surface area contributed by atoms with E-state index < -0.39 is 0 Å². The number of aromatic nitrogens is 3. The molecule has 1 aromatic rings. The second-order valence-electron chi connectivity index (χ2n) is 4.06. The minimum absolute atomic E-state index is 0.724. The Kier molecular flexibility index (Phi) is 4.11. The zero-order valence-corrected chi connectivity index (χ0v) is 9.75. The Hall–Kier alpha value is -0.860. The Balaban J connectivity index is 2.66. The molecule has 0 bridgehead atoms. The summed E-state index contributed by atoms with van der Waals surface area (Å²) in [4.78, 5) is 0. The summed E-state index contributed by atoms with van der Waals surface area (Å²) in [6.07, 6.45) is 4.63. The Bertz CT molecular complexity index is 278. The molecule has 1 atom stereocenters. The van der Waals surface area contributed by atoms with E-state index in [1.54, 1.807) is 0 Å². The lowest BCUT2D eigenvalue weighted by atomic mass is 9.99. The van der Waals surface area contributed by atoms with E-state index in [1.165, 1.54) is 24.2 Å². The van der Waals surface area contributed by atoms with E-state index in [0.29, 0.717) is 0 Å². The van der Waals surface area contributed by atoms with Crippen LogP contribution in [0.2, 0.25) is 0 Å². The molecule has 0 radical (unpaired) electrons. The minimum atomic E-state index is 0.724.